The molecule has 1 N–H and O–H groups in total. The van der Waals surface area contributed by atoms with Crippen molar-refractivity contribution in [2.45, 2.75) is 11.3 Å². The largest absolute Gasteiger partial charge is 0.311 e. The average molecular weight is 369 g/mol. The average Bonchev–Trinajstić information content (AvgIpc) is 2.47. The lowest BCUT2D eigenvalue weighted by atomic mass is 10.4. The van der Waals surface area contributed by atoms with E-state index in [1.54, 1.807) is 36.5 Å². The van der Waals surface area contributed by atoms with Crippen LogP contribution in [0.15, 0.2) is 58.0 Å². The summed E-state index contributed by atoms with van der Waals surface area (Å²) in [6.07, 6.45) is 1.43. The van der Waals surface area contributed by atoms with Crippen molar-refractivity contribution in [1.29, 1.82) is 0 Å². The predicted octanol–water partition coefficient (Wildman–Crippen LogP) is 2.65. The molecule has 0 aliphatic rings. The van der Waals surface area contributed by atoms with Gasteiger partial charge in [0.25, 0.3) is 0 Å². The van der Waals surface area contributed by atoms with E-state index in [9.17, 15) is 13.2 Å². The van der Waals surface area contributed by atoms with E-state index in [-0.39, 0.29) is 23.0 Å². The Morgan fingerprint density at radius 1 is 1.14 bits per heavy atom. The van der Waals surface area contributed by atoms with Crippen molar-refractivity contribution in [2.75, 3.05) is 11.1 Å². The Morgan fingerprint density at radius 3 is 2.48 bits per heavy atom. The number of nitrogens with one attached hydrogen (secondary N) is 1. The minimum Gasteiger partial charge on any atom is -0.311 e. The SMILES string of the molecule is O=C(CCS(=O)(=O)c1ccc(Br)cc1)Nc1ccccn1. The van der Waals surface area contributed by atoms with E-state index in [2.05, 4.69) is 26.2 Å². The molecular weight excluding hydrogens is 356 g/mol. The maximum absolute atomic E-state index is 12.1. The molecule has 0 atom stereocenters. The quantitative estimate of drug-likeness (QED) is 0.879. The normalized spacial score (nSPS) is 11.1. The van der Waals surface area contributed by atoms with Gasteiger partial charge in [0.15, 0.2) is 9.84 Å². The zero-order valence-corrected chi connectivity index (χ0v) is 13.4. The molecule has 0 unspecified atom stereocenters. The fourth-order valence-electron chi connectivity index (χ4n) is 1.63. The Balaban J connectivity index is 1.95. The van der Waals surface area contributed by atoms with Gasteiger partial charge in [0, 0.05) is 17.1 Å². The number of aromatic nitrogens is 1. The fraction of sp³-hybridized carbons (Fsp3) is 0.143. The monoisotopic (exact) mass is 368 g/mol. The van der Waals surface area contributed by atoms with Crippen molar-refractivity contribution in [3.63, 3.8) is 0 Å². The highest BCUT2D eigenvalue weighted by Gasteiger charge is 2.16. The van der Waals surface area contributed by atoms with Gasteiger partial charge in [-0.05, 0) is 36.4 Å². The molecule has 0 spiro atoms. The van der Waals surface area contributed by atoms with Gasteiger partial charge in [-0.25, -0.2) is 13.4 Å². The van der Waals surface area contributed by atoms with Crippen molar-refractivity contribution in [1.82, 2.24) is 4.98 Å². The fourth-order valence-corrected chi connectivity index (χ4v) is 3.13. The van der Waals surface area contributed by atoms with E-state index in [0.717, 1.165) is 4.47 Å². The van der Waals surface area contributed by atoms with Gasteiger partial charge in [0.1, 0.15) is 5.82 Å². The summed E-state index contributed by atoms with van der Waals surface area (Å²) in [6, 6.07) is 11.4. The summed E-state index contributed by atoms with van der Waals surface area (Å²) in [4.78, 5) is 15.9. The molecule has 0 aliphatic carbocycles. The van der Waals surface area contributed by atoms with Gasteiger partial charge in [-0.15, -0.1) is 0 Å². The predicted molar refractivity (Wildman–Crippen MR) is 83.7 cm³/mol. The van der Waals surface area contributed by atoms with Crippen molar-refractivity contribution in [3.8, 4) is 0 Å². The number of sulfone groups is 1. The van der Waals surface area contributed by atoms with Crippen LogP contribution in [-0.2, 0) is 14.6 Å². The molecule has 0 fully saturated rings. The van der Waals surface area contributed by atoms with Crippen molar-refractivity contribution in [3.05, 3.63) is 53.1 Å². The van der Waals surface area contributed by atoms with Crippen LogP contribution in [0.1, 0.15) is 6.42 Å². The van der Waals surface area contributed by atoms with Crippen LogP contribution in [0.2, 0.25) is 0 Å². The number of rotatable bonds is 5. The highest BCUT2D eigenvalue weighted by atomic mass is 79.9. The Morgan fingerprint density at radius 2 is 1.86 bits per heavy atom. The third-order valence-electron chi connectivity index (χ3n) is 2.70. The molecule has 1 aromatic heterocycles. The van der Waals surface area contributed by atoms with Crippen LogP contribution >= 0.6 is 15.9 Å². The van der Waals surface area contributed by atoms with Crippen LogP contribution in [-0.4, -0.2) is 25.1 Å². The molecular formula is C14H13BrN2O3S. The molecule has 0 bridgehead atoms. The van der Waals surface area contributed by atoms with Crippen LogP contribution in [0, 0.1) is 0 Å². The van der Waals surface area contributed by atoms with Crippen LogP contribution in [0.25, 0.3) is 0 Å². The minimum absolute atomic E-state index is 0.116. The molecule has 0 saturated carbocycles. The Bertz CT molecular complexity index is 716. The third-order valence-corrected chi connectivity index (χ3v) is 4.96. The Kier molecular flexibility index (Phi) is 5.08. The van der Waals surface area contributed by atoms with E-state index in [1.165, 1.54) is 12.1 Å². The standard InChI is InChI=1S/C14H13BrN2O3S/c15-11-4-6-12(7-5-11)21(19,20)10-8-14(18)17-13-3-1-2-9-16-13/h1-7,9H,8,10H2,(H,16,17,18). The zero-order valence-electron chi connectivity index (χ0n) is 11.0. The minimum atomic E-state index is -3.47. The second-order valence-electron chi connectivity index (χ2n) is 4.29. The van der Waals surface area contributed by atoms with Gasteiger partial charge in [-0.1, -0.05) is 22.0 Å². The number of amides is 1. The smallest absolute Gasteiger partial charge is 0.226 e. The lowest BCUT2D eigenvalue weighted by Gasteiger charge is -2.06. The van der Waals surface area contributed by atoms with E-state index in [1.807, 2.05) is 0 Å². The van der Waals surface area contributed by atoms with Crippen LogP contribution in [0.4, 0.5) is 5.82 Å². The highest BCUT2D eigenvalue weighted by Crippen LogP contribution is 2.16. The number of benzene rings is 1. The molecule has 7 heteroatoms. The number of carbonyl (C=O) groups is 1. The number of hydrogen-bond acceptors (Lipinski definition) is 4. The summed E-state index contributed by atoms with van der Waals surface area (Å²) < 4.78 is 25.0. The summed E-state index contributed by atoms with van der Waals surface area (Å²) in [7, 11) is -3.47. The molecule has 1 amide bonds. The molecule has 0 aliphatic heterocycles. The van der Waals surface area contributed by atoms with E-state index >= 15 is 0 Å². The first kappa shape index (κ1) is 15.7. The van der Waals surface area contributed by atoms with Gasteiger partial charge in [-0.3, -0.25) is 4.79 Å². The second-order valence-corrected chi connectivity index (χ2v) is 7.31. The first-order valence-corrected chi connectivity index (χ1v) is 8.61. The van der Waals surface area contributed by atoms with Gasteiger partial charge in [0.05, 0.1) is 10.6 Å². The zero-order chi connectivity index (χ0) is 15.3. The van der Waals surface area contributed by atoms with Crippen molar-refractivity contribution in [2.24, 2.45) is 0 Å². The molecule has 0 radical (unpaired) electrons. The molecule has 21 heavy (non-hydrogen) atoms. The van der Waals surface area contributed by atoms with E-state index in [0.29, 0.717) is 5.82 Å². The summed E-state index contributed by atoms with van der Waals surface area (Å²) >= 11 is 3.25. The Labute approximate surface area is 131 Å². The highest BCUT2D eigenvalue weighted by molar-refractivity contribution is 9.10. The van der Waals surface area contributed by atoms with Gasteiger partial charge in [-0.2, -0.15) is 0 Å². The van der Waals surface area contributed by atoms with Crippen LogP contribution in [0.3, 0.4) is 0 Å². The van der Waals surface area contributed by atoms with Crippen molar-refractivity contribution >= 4 is 37.5 Å². The molecule has 1 aromatic carbocycles. The van der Waals surface area contributed by atoms with Gasteiger partial charge < -0.3 is 5.32 Å². The first-order chi connectivity index (χ1) is 9.97. The molecule has 0 saturated heterocycles. The molecule has 2 rings (SSSR count). The summed E-state index contributed by atoms with van der Waals surface area (Å²) in [6.45, 7) is 0. The maximum atomic E-state index is 12.1. The number of pyridine rings is 1. The third kappa shape index (κ3) is 4.64. The maximum Gasteiger partial charge on any atom is 0.226 e. The molecule has 110 valence electrons. The molecule has 5 nitrogen and oxygen atoms in total. The van der Waals surface area contributed by atoms with E-state index in [4.69, 9.17) is 0 Å². The van der Waals surface area contributed by atoms with Gasteiger partial charge >= 0.3 is 0 Å². The molecule has 2 aromatic rings. The lowest BCUT2D eigenvalue weighted by Crippen LogP contribution is -2.17. The van der Waals surface area contributed by atoms with Gasteiger partial charge in [0.2, 0.25) is 5.91 Å². The lowest BCUT2D eigenvalue weighted by molar-refractivity contribution is -0.115. The van der Waals surface area contributed by atoms with E-state index < -0.39 is 9.84 Å². The van der Waals surface area contributed by atoms with Crippen molar-refractivity contribution < 1.29 is 13.2 Å². The molecule has 1 heterocycles. The number of anilines is 1. The van der Waals surface area contributed by atoms with Crippen LogP contribution in [0.5, 0.6) is 0 Å². The summed E-state index contributed by atoms with van der Waals surface area (Å²) in [5, 5.41) is 2.55. The van der Waals surface area contributed by atoms with Crippen LogP contribution < -0.4 is 5.32 Å². The number of halogens is 1. The summed E-state index contributed by atoms with van der Waals surface area (Å²) in [5.41, 5.74) is 0. The number of hydrogen-bond donors (Lipinski definition) is 1. The first-order valence-electron chi connectivity index (χ1n) is 6.16. The topological polar surface area (TPSA) is 76.1 Å². The number of nitrogens with zero attached hydrogens (tertiary/aromatic N) is 1. The number of carbonyl (C=O) groups excluding carboxylic acids is 1. The Hall–Kier alpha value is -1.73. The summed E-state index contributed by atoms with van der Waals surface area (Å²) in [5.74, 6) is -0.217. The second kappa shape index (κ2) is 6.82.